The Hall–Kier alpha value is -2.37. The summed E-state index contributed by atoms with van der Waals surface area (Å²) in [5.74, 6) is 1.42. The third-order valence-electron chi connectivity index (χ3n) is 2.93. The average Bonchev–Trinajstić information content (AvgIpc) is 2.90. The molecule has 0 aliphatic carbocycles. The van der Waals surface area contributed by atoms with Crippen molar-refractivity contribution in [2.45, 2.75) is 39.7 Å². The van der Waals surface area contributed by atoms with Crippen LogP contribution >= 0.6 is 0 Å². The molecule has 0 saturated carbocycles. The largest absolute Gasteiger partial charge is 0.374 e. The Kier molecular flexibility index (Phi) is 4.57. The topological polar surface area (TPSA) is 80.0 Å². The lowest BCUT2D eigenvalue weighted by molar-refractivity contribution is -0.114. The van der Waals surface area contributed by atoms with Crippen molar-refractivity contribution in [1.82, 2.24) is 10.1 Å². The molecule has 2 rings (SSSR count). The van der Waals surface area contributed by atoms with Crippen LogP contribution in [0, 0.1) is 0 Å². The molecule has 6 heteroatoms. The summed E-state index contributed by atoms with van der Waals surface area (Å²) in [6.45, 7) is 7.48. The first kappa shape index (κ1) is 15.0. The Bertz CT molecular complexity index is 604. The van der Waals surface area contributed by atoms with E-state index in [1.54, 1.807) is 0 Å². The zero-order valence-corrected chi connectivity index (χ0v) is 12.7. The van der Waals surface area contributed by atoms with E-state index in [2.05, 4.69) is 20.8 Å². The van der Waals surface area contributed by atoms with Crippen molar-refractivity contribution in [1.29, 1.82) is 0 Å². The number of carbonyl (C=O) groups excluding carboxylic acids is 1. The number of anilines is 2. The highest BCUT2D eigenvalue weighted by molar-refractivity contribution is 5.88. The van der Waals surface area contributed by atoms with Gasteiger partial charge in [0.2, 0.25) is 11.8 Å². The van der Waals surface area contributed by atoms with Crippen molar-refractivity contribution in [3.63, 3.8) is 0 Å². The minimum Gasteiger partial charge on any atom is -0.374 e. The molecule has 2 N–H and O–H groups in total. The number of amides is 1. The molecule has 1 aromatic heterocycles. The fraction of sp³-hybridized carbons (Fsp3) is 0.400. The van der Waals surface area contributed by atoms with E-state index in [0.717, 1.165) is 11.4 Å². The van der Waals surface area contributed by atoms with E-state index in [1.807, 2.05) is 45.0 Å². The van der Waals surface area contributed by atoms with Gasteiger partial charge < -0.3 is 15.2 Å². The van der Waals surface area contributed by atoms with E-state index in [4.69, 9.17) is 4.52 Å². The predicted molar refractivity (Wildman–Crippen MR) is 81.2 cm³/mol. The second kappa shape index (κ2) is 6.39. The molecule has 1 heterocycles. The molecule has 1 aromatic carbocycles. The van der Waals surface area contributed by atoms with Crippen LogP contribution in [0.1, 0.15) is 51.4 Å². The van der Waals surface area contributed by atoms with Gasteiger partial charge in [0.15, 0.2) is 5.82 Å². The van der Waals surface area contributed by atoms with Gasteiger partial charge in [-0.05, 0) is 31.2 Å². The summed E-state index contributed by atoms with van der Waals surface area (Å²) in [6, 6.07) is 7.37. The van der Waals surface area contributed by atoms with Gasteiger partial charge in [-0.3, -0.25) is 4.79 Å². The number of hydrogen-bond acceptors (Lipinski definition) is 5. The molecule has 0 radical (unpaired) electrons. The Labute approximate surface area is 123 Å². The summed E-state index contributed by atoms with van der Waals surface area (Å²) in [7, 11) is 0. The van der Waals surface area contributed by atoms with E-state index in [0.29, 0.717) is 11.7 Å². The highest BCUT2D eigenvalue weighted by atomic mass is 16.5. The summed E-state index contributed by atoms with van der Waals surface area (Å²) in [5.41, 5.74) is 1.68. The van der Waals surface area contributed by atoms with E-state index in [-0.39, 0.29) is 17.9 Å². The van der Waals surface area contributed by atoms with Crippen LogP contribution in [0.4, 0.5) is 11.4 Å². The second-order valence-corrected chi connectivity index (χ2v) is 5.27. The molecule has 21 heavy (non-hydrogen) atoms. The van der Waals surface area contributed by atoms with Gasteiger partial charge in [-0.2, -0.15) is 4.98 Å². The number of hydrogen-bond donors (Lipinski definition) is 2. The van der Waals surface area contributed by atoms with Crippen LogP contribution < -0.4 is 10.6 Å². The maximum atomic E-state index is 11.0. The van der Waals surface area contributed by atoms with Gasteiger partial charge in [-0.25, -0.2) is 0 Å². The smallest absolute Gasteiger partial charge is 0.248 e. The third-order valence-corrected chi connectivity index (χ3v) is 2.93. The molecule has 1 amide bonds. The quantitative estimate of drug-likeness (QED) is 0.882. The van der Waals surface area contributed by atoms with Crippen LogP contribution in [-0.4, -0.2) is 16.0 Å². The third kappa shape index (κ3) is 4.05. The number of rotatable bonds is 5. The Balaban J connectivity index is 2.01. The molecule has 0 fully saturated rings. The molecular formula is C15H20N4O2. The number of benzene rings is 1. The minimum absolute atomic E-state index is 0.0865. The highest BCUT2D eigenvalue weighted by Gasteiger charge is 2.15. The first-order chi connectivity index (χ1) is 9.95. The summed E-state index contributed by atoms with van der Waals surface area (Å²) in [4.78, 5) is 15.3. The molecule has 2 aromatic rings. The SMILES string of the molecule is CC(=O)Nc1ccc(NC(C)c2nc(C(C)C)no2)cc1. The average molecular weight is 288 g/mol. The van der Waals surface area contributed by atoms with Gasteiger partial charge in [-0.1, -0.05) is 19.0 Å². The van der Waals surface area contributed by atoms with Gasteiger partial charge in [0.05, 0.1) is 0 Å². The Morgan fingerprint density at radius 2 is 1.76 bits per heavy atom. The summed E-state index contributed by atoms with van der Waals surface area (Å²) >= 11 is 0. The molecule has 1 unspecified atom stereocenters. The maximum Gasteiger partial charge on any atom is 0.248 e. The maximum absolute atomic E-state index is 11.0. The van der Waals surface area contributed by atoms with Gasteiger partial charge in [0, 0.05) is 24.2 Å². The zero-order chi connectivity index (χ0) is 15.4. The van der Waals surface area contributed by atoms with Crippen molar-refractivity contribution in [3.8, 4) is 0 Å². The van der Waals surface area contributed by atoms with Crippen LogP contribution in [-0.2, 0) is 4.79 Å². The van der Waals surface area contributed by atoms with E-state index >= 15 is 0 Å². The van der Waals surface area contributed by atoms with Crippen molar-refractivity contribution >= 4 is 17.3 Å². The lowest BCUT2D eigenvalue weighted by Gasteiger charge is -2.11. The van der Waals surface area contributed by atoms with Crippen molar-refractivity contribution in [3.05, 3.63) is 36.0 Å². The van der Waals surface area contributed by atoms with Gasteiger partial charge in [-0.15, -0.1) is 0 Å². The molecule has 0 saturated heterocycles. The number of nitrogens with one attached hydrogen (secondary N) is 2. The van der Waals surface area contributed by atoms with Crippen LogP contribution in [0.2, 0.25) is 0 Å². The highest BCUT2D eigenvalue weighted by Crippen LogP contribution is 2.21. The fourth-order valence-electron chi connectivity index (χ4n) is 1.82. The molecule has 0 spiro atoms. The van der Waals surface area contributed by atoms with Gasteiger partial charge >= 0.3 is 0 Å². The molecule has 0 bridgehead atoms. The normalized spacial score (nSPS) is 12.2. The van der Waals surface area contributed by atoms with Crippen molar-refractivity contribution < 1.29 is 9.32 Å². The first-order valence-electron chi connectivity index (χ1n) is 6.93. The summed E-state index contributed by atoms with van der Waals surface area (Å²) in [5, 5.41) is 9.96. The van der Waals surface area contributed by atoms with Crippen LogP contribution in [0.25, 0.3) is 0 Å². The number of aromatic nitrogens is 2. The zero-order valence-electron chi connectivity index (χ0n) is 12.7. The molecule has 0 aliphatic rings. The van der Waals surface area contributed by atoms with E-state index in [9.17, 15) is 4.79 Å². The van der Waals surface area contributed by atoms with E-state index in [1.165, 1.54) is 6.92 Å². The Morgan fingerprint density at radius 3 is 2.29 bits per heavy atom. The van der Waals surface area contributed by atoms with Crippen molar-refractivity contribution in [2.75, 3.05) is 10.6 Å². The minimum atomic E-state index is -0.0869. The fourth-order valence-corrected chi connectivity index (χ4v) is 1.82. The summed E-state index contributed by atoms with van der Waals surface area (Å²) in [6.07, 6.45) is 0. The van der Waals surface area contributed by atoms with Gasteiger partial charge in [0.1, 0.15) is 6.04 Å². The second-order valence-electron chi connectivity index (χ2n) is 5.27. The Morgan fingerprint density at radius 1 is 1.14 bits per heavy atom. The lowest BCUT2D eigenvalue weighted by atomic mass is 10.2. The van der Waals surface area contributed by atoms with E-state index < -0.39 is 0 Å². The molecular weight excluding hydrogens is 268 g/mol. The van der Waals surface area contributed by atoms with Crippen LogP contribution in [0.3, 0.4) is 0 Å². The lowest BCUT2D eigenvalue weighted by Crippen LogP contribution is -2.08. The monoisotopic (exact) mass is 288 g/mol. The van der Waals surface area contributed by atoms with Crippen molar-refractivity contribution in [2.24, 2.45) is 0 Å². The van der Waals surface area contributed by atoms with Crippen LogP contribution in [0.5, 0.6) is 0 Å². The first-order valence-corrected chi connectivity index (χ1v) is 6.93. The molecule has 6 nitrogen and oxygen atoms in total. The van der Waals surface area contributed by atoms with Gasteiger partial charge in [0.25, 0.3) is 0 Å². The number of nitrogens with zero attached hydrogens (tertiary/aromatic N) is 2. The summed E-state index contributed by atoms with van der Waals surface area (Å²) < 4.78 is 5.26. The van der Waals surface area contributed by atoms with Crippen LogP contribution in [0.15, 0.2) is 28.8 Å². The standard InChI is InChI=1S/C15H20N4O2/c1-9(2)14-18-15(21-19-14)10(3)16-12-5-7-13(8-6-12)17-11(4)20/h5-10,16H,1-4H3,(H,17,20). The predicted octanol–water partition coefficient (Wildman–Crippen LogP) is 3.32. The molecule has 112 valence electrons. The molecule has 1 atom stereocenters. The molecule has 0 aliphatic heterocycles. The number of carbonyl (C=O) groups is 1.